The molecule has 0 amide bonds. The fourth-order valence-corrected chi connectivity index (χ4v) is 1.51. The van der Waals surface area contributed by atoms with Crippen LogP contribution in [0, 0.1) is 12.3 Å². The van der Waals surface area contributed by atoms with E-state index in [4.69, 9.17) is 4.74 Å². The summed E-state index contributed by atoms with van der Waals surface area (Å²) in [4.78, 5) is 0. The molecular weight excluding hydrogens is 136 g/mol. The molecule has 0 aromatic heterocycles. The molecule has 1 rings (SSSR count). The zero-order chi connectivity index (χ0) is 8.10. The Morgan fingerprint density at radius 3 is 3.18 bits per heavy atom. The van der Waals surface area contributed by atoms with Gasteiger partial charge in [-0.05, 0) is 25.2 Å². The van der Waals surface area contributed by atoms with E-state index in [-0.39, 0.29) is 0 Å². The fourth-order valence-electron chi connectivity index (χ4n) is 1.51. The van der Waals surface area contributed by atoms with E-state index in [1.807, 2.05) is 6.08 Å². The molecule has 2 unspecified atom stereocenters. The van der Waals surface area contributed by atoms with Gasteiger partial charge in [-0.1, -0.05) is 19.4 Å². The Morgan fingerprint density at radius 1 is 1.73 bits per heavy atom. The van der Waals surface area contributed by atoms with Crippen molar-refractivity contribution in [1.29, 1.82) is 0 Å². The first-order valence-corrected chi connectivity index (χ1v) is 4.34. The Labute approximate surface area is 69.4 Å². The molecule has 2 atom stereocenters. The van der Waals surface area contributed by atoms with E-state index in [1.165, 1.54) is 0 Å². The smallest absolute Gasteiger partial charge is 0.0643 e. The third kappa shape index (κ3) is 2.33. The summed E-state index contributed by atoms with van der Waals surface area (Å²) in [5.41, 5.74) is 0. The van der Waals surface area contributed by atoms with Gasteiger partial charge < -0.3 is 4.74 Å². The van der Waals surface area contributed by atoms with Crippen molar-refractivity contribution >= 4 is 0 Å². The van der Waals surface area contributed by atoms with Crippen LogP contribution in [-0.2, 0) is 4.74 Å². The van der Waals surface area contributed by atoms with Crippen LogP contribution in [0.2, 0.25) is 0 Å². The normalized spacial score (nSPS) is 31.7. The summed E-state index contributed by atoms with van der Waals surface area (Å²) in [7, 11) is 0. The van der Waals surface area contributed by atoms with Crippen LogP contribution in [0.5, 0.6) is 0 Å². The van der Waals surface area contributed by atoms with Crippen LogP contribution in [0.3, 0.4) is 0 Å². The Balaban J connectivity index is 2.37. The second-order valence-corrected chi connectivity index (χ2v) is 2.90. The van der Waals surface area contributed by atoms with Gasteiger partial charge in [-0.2, -0.15) is 0 Å². The maximum atomic E-state index is 5.59. The molecule has 1 fully saturated rings. The number of hydrogen-bond acceptors (Lipinski definition) is 1. The third-order valence-electron chi connectivity index (χ3n) is 2.13. The summed E-state index contributed by atoms with van der Waals surface area (Å²) in [6.45, 7) is 6.74. The van der Waals surface area contributed by atoms with Gasteiger partial charge in [-0.25, -0.2) is 0 Å². The summed E-state index contributed by atoms with van der Waals surface area (Å²) in [6, 6.07) is 0. The molecule has 0 saturated carbocycles. The first kappa shape index (κ1) is 8.79. The van der Waals surface area contributed by atoms with Gasteiger partial charge in [-0.3, -0.25) is 0 Å². The zero-order valence-corrected chi connectivity index (χ0v) is 7.18. The van der Waals surface area contributed by atoms with Gasteiger partial charge in [0.15, 0.2) is 0 Å². The van der Waals surface area contributed by atoms with E-state index < -0.39 is 0 Å². The van der Waals surface area contributed by atoms with Crippen LogP contribution >= 0.6 is 0 Å². The molecule has 2 radical (unpaired) electrons. The Morgan fingerprint density at radius 2 is 2.55 bits per heavy atom. The molecule has 62 valence electrons. The van der Waals surface area contributed by atoms with Gasteiger partial charge in [0.1, 0.15) is 0 Å². The molecule has 0 N–H and O–H groups in total. The lowest BCUT2D eigenvalue weighted by molar-refractivity contribution is -0.00158. The standard InChI is InChI=1S/C10H16O/c1-3-6-10-9(4-2)7-5-8-11-10/h3,9-10H,1,4-6,8H2,2H3. The molecule has 1 nitrogen and oxygen atoms in total. The molecule has 1 aliphatic heterocycles. The lowest BCUT2D eigenvalue weighted by atomic mass is 9.90. The van der Waals surface area contributed by atoms with Crippen LogP contribution in [0.25, 0.3) is 0 Å². The van der Waals surface area contributed by atoms with E-state index in [0.717, 1.165) is 25.9 Å². The van der Waals surface area contributed by atoms with Crippen molar-refractivity contribution in [3.63, 3.8) is 0 Å². The van der Waals surface area contributed by atoms with E-state index in [1.54, 1.807) is 0 Å². The lowest BCUT2D eigenvalue weighted by Crippen LogP contribution is -2.28. The topological polar surface area (TPSA) is 9.23 Å². The first-order valence-electron chi connectivity index (χ1n) is 4.34. The highest BCUT2D eigenvalue weighted by Gasteiger charge is 2.23. The highest BCUT2D eigenvalue weighted by atomic mass is 16.5. The molecule has 1 heterocycles. The molecule has 1 saturated heterocycles. The molecule has 0 aromatic carbocycles. The molecular formula is C10H16O. The second-order valence-electron chi connectivity index (χ2n) is 2.90. The summed E-state index contributed by atoms with van der Waals surface area (Å²) in [5.74, 6) is 0.529. The average molecular weight is 152 g/mol. The molecule has 0 bridgehead atoms. The van der Waals surface area contributed by atoms with Gasteiger partial charge >= 0.3 is 0 Å². The summed E-state index contributed by atoms with van der Waals surface area (Å²) in [5, 5.41) is 0. The largest absolute Gasteiger partial charge is 0.378 e. The van der Waals surface area contributed by atoms with Gasteiger partial charge in [0, 0.05) is 6.61 Å². The SMILES string of the molecule is C=CCC1OCC[C]C1CC. The molecule has 0 aliphatic carbocycles. The number of ether oxygens (including phenoxy) is 1. The molecule has 1 aliphatic rings. The maximum Gasteiger partial charge on any atom is 0.0643 e. The van der Waals surface area contributed by atoms with Crippen LogP contribution in [-0.4, -0.2) is 12.7 Å². The minimum Gasteiger partial charge on any atom is -0.378 e. The predicted octanol–water partition coefficient (Wildman–Crippen LogP) is 2.46. The average Bonchev–Trinajstić information content (AvgIpc) is 2.06. The van der Waals surface area contributed by atoms with Crippen LogP contribution in [0.1, 0.15) is 26.2 Å². The van der Waals surface area contributed by atoms with Crippen molar-refractivity contribution in [2.24, 2.45) is 5.92 Å². The Kier molecular flexibility index (Phi) is 3.64. The van der Waals surface area contributed by atoms with Gasteiger partial charge in [0.2, 0.25) is 0 Å². The Hall–Kier alpha value is -0.300. The minimum absolute atomic E-state index is 0.353. The lowest BCUT2D eigenvalue weighted by Gasteiger charge is -2.29. The first-order chi connectivity index (χ1) is 5.38. The Bertz CT molecular complexity index is 120. The van der Waals surface area contributed by atoms with Gasteiger partial charge in [-0.15, -0.1) is 6.58 Å². The van der Waals surface area contributed by atoms with Gasteiger partial charge in [0.25, 0.3) is 0 Å². The van der Waals surface area contributed by atoms with E-state index >= 15 is 0 Å². The van der Waals surface area contributed by atoms with Crippen molar-refractivity contribution in [2.45, 2.75) is 32.3 Å². The molecule has 11 heavy (non-hydrogen) atoms. The quantitative estimate of drug-likeness (QED) is 0.564. The maximum absolute atomic E-state index is 5.59. The monoisotopic (exact) mass is 152 g/mol. The third-order valence-corrected chi connectivity index (χ3v) is 2.13. The van der Waals surface area contributed by atoms with Crippen LogP contribution in [0.15, 0.2) is 12.7 Å². The molecule has 0 spiro atoms. The molecule has 1 heteroatoms. The summed E-state index contributed by atoms with van der Waals surface area (Å²) < 4.78 is 5.59. The predicted molar refractivity (Wildman–Crippen MR) is 46.2 cm³/mol. The second kappa shape index (κ2) is 4.55. The van der Waals surface area contributed by atoms with Crippen molar-refractivity contribution in [3.05, 3.63) is 19.1 Å². The van der Waals surface area contributed by atoms with Crippen molar-refractivity contribution in [2.75, 3.05) is 6.61 Å². The minimum atomic E-state index is 0.353. The number of hydrogen-bond donors (Lipinski definition) is 0. The summed E-state index contributed by atoms with van der Waals surface area (Å²) >= 11 is 0. The fraction of sp³-hybridized carbons (Fsp3) is 0.700. The molecule has 0 aromatic rings. The van der Waals surface area contributed by atoms with Crippen molar-refractivity contribution in [3.8, 4) is 0 Å². The van der Waals surface area contributed by atoms with E-state index in [0.29, 0.717) is 12.0 Å². The van der Waals surface area contributed by atoms with E-state index in [9.17, 15) is 0 Å². The number of rotatable bonds is 3. The zero-order valence-electron chi connectivity index (χ0n) is 7.18. The van der Waals surface area contributed by atoms with Crippen molar-refractivity contribution < 1.29 is 4.74 Å². The van der Waals surface area contributed by atoms with Gasteiger partial charge in [0.05, 0.1) is 6.10 Å². The van der Waals surface area contributed by atoms with E-state index in [2.05, 4.69) is 19.9 Å². The van der Waals surface area contributed by atoms with Crippen molar-refractivity contribution in [1.82, 2.24) is 0 Å². The summed E-state index contributed by atoms with van der Waals surface area (Å²) in [6.07, 6.45) is 8.81. The highest BCUT2D eigenvalue weighted by molar-refractivity contribution is 4.89. The van der Waals surface area contributed by atoms with Crippen LogP contribution < -0.4 is 0 Å². The van der Waals surface area contributed by atoms with Crippen LogP contribution in [0.4, 0.5) is 0 Å². The highest BCUT2D eigenvalue weighted by Crippen LogP contribution is 2.24.